The molecule has 7 rings (SSSR count). The predicted octanol–water partition coefficient (Wildman–Crippen LogP) is 6.22. The number of fused-ring (bicyclic) bond motifs is 2. The Balaban J connectivity index is 1.40. The number of pyridine rings is 1. The van der Waals surface area contributed by atoms with E-state index in [4.69, 9.17) is 4.74 Å². The Labute approximate surface area is 220 Å². The van der Waals surface area contributed by atoms with Gasteiger partial charge in [-0.1, -0.05) is 37.3 Å². The third kappa shape index (κ3) is 3.12. The number of allylic oxidation sites excluding steroid dienone is 3. The van der Waals surface area contributed by atoms with Crippen molar-refractivity contribution in [3.05, 3.63) is 71.1 Å². The van der Waals surface area contributed by atoms with Crippen LogP contribution in [0.25, 0.3) is 16.3 Å². The highest BCUT2D eigenvalue weighted by atomic mass is 19.4. The van der Waals surface area contributed by atoms with Gasteiger partial charge in [0.25, 0.3) is 0 Å². The summed E-state index contributed by atoms with van der Waals surface area (Å²) < 4.78 is 51.7. The average Bonchev–Trinajstić information content (AvgIpc) is 3.38. The molecule has 0 radical (unpaired) electrons. The minimum Gasteiger partial charge on any atom is -0.391 e. The molecule has 0 amide bonds. The Morgan fingerprint density at radius 2 is 1.97 bits per heavy atom. The first-order chi connectivity index (χ1) is 18.0. The lowest BCUT2D eigenvalue weighted by atomic mass is 9.56. The standard InChI is InChI=1S/C31H33F3N2O2/c1-28-15-24(31(32,33)34)23-13-19-14-26(37)25(36(2)3)16-29(19)10-11-30(23,38-29)27(28)8-7-22(28)20-6-4-5-18-9-12-35-17-21(18)20/h4-7,9,12-13,17,25-27,37H,8,10-11,14-16H2,1-3H3/t25-,26?,27?,28?,29+,30+/m0/s1. The molecule has 6 atom stereocenters. The van der Waals surface area contributed by atoms with Crippen LogP contribution in [-0.2, 0) is 4.74 Å². The van der Waals surface area contributed by atoms with Crippen LogP contribution in [0.3, 0.4) is 0 Å². The highest BCUT2D eigenvalue weighted by Crippen LogP contribution is 2.70. The van der Waals surface area contributed by atoms with E-state index in [1.165, 1.54) is 0 Å². The normalized spacial score (nSPS) is 38.2. The summed E-state index contributed by atoms with van der Waals surface area (Å²) in [6.45, 7) is 2.02. The summed E-state index contributed by atoms with van der Waals surface area (Å²) in [5.74, 6) is -0.0974. The van der Waals surface area contributed by atoms with Crippen molar-refractivity contribution in [2.24, 2.45) is 11.3 Å². The topological polar surface area (TPSA) is 45.6 Å². The first kappa shape index (κ1) is 24.6. The van der Waals surface area contributed by atoms with Gasteiger partial charge in [0.2, 0.25) is 0 Å². The van der Waals surface area contributed by atoms with Crippen LogP contribution in [0, 0.1) is 11.3 Å². The Morgan fingerprint density at radius 1 is 1.16 bits per heavy atom. The van der Waals surface area contributed by atoms with E-state index in [1.54, 1.807) is 12.3 Å². The van der Waals surface area contributed by atoms with E-state index in [0.717, 1.165) is 27.5 Å². The maximum absolute atomic E-state index is 14.9. The van der Waals surface area contributed by atoms with Gasteiger partial charge in [-0.2, -0.15) is 13.2 Å². The van der Waals surface area contributed by atoms with Crippen LogP contribution in [0.1, 0.15) is 51.0 Å². The van der Waals surface area contributed by atoms with Crippen LogP contribution in [0.4, 0.5) is 13.2 Å². The molecule has 38 heavy (non-hydrogen) atoms. The molecule has 7 heteroatoms. The van der Waals surface area contributed by atoms with Gasteiger partial charge < -0.3 is 14.7 Å². The molecule has 2 fully saturated rings. The fourth-order valence-electron chi connectivity index (χ4n) is 8.66. The van der Waals surface area contributed by atoms with Crippen LogP contribution in [0.15, 0.2) is 65.5 Å². The van der Waals surface area contributed by atoms with Crippen LogP contribution in [0.5, 0.6) is 0 Å². The zero-order valence-corrected chi connectivity index (χ0v) is 22.0. The van der Waals surface area contributed by atoms with E-state index in [9.17, 15) is 18.3 Å². The Hall–Kier alpha value is -2.48. The first-order valence-electron chi connectivity index (χ1n) is 13.6. The summed E-state index contributed by atoms with van der Waals surface area (Å²) in [6.07, 6.45) is 5.24. The van der Waals surface area contributed by atoms with Gasteiger partial charge in [0, 0.05) is 40.7 Å². The molecule has 2 spiro atoms. The quantitative estimate of drug-likeness (QED) is 0.509. The molecular weight excluding hydrogens is 489 g/mol. The van der Waals surface area contributed by atoms with Crippen molar-refractivity contribution < 1.29 is 23.0 Å². The van der Waals surface area contributed by atoms with E-state index >= 15 is 0 Å². The predicted molar refractivity (Wildman–Crippen MR) is 140 cm³/mol. The first-order valence-corrected chi connectivity index (χ1v) is 13.6. The number of hydrogen-bond donors (Lipinski definition) is 1. The zero-order chi connectivity index (χ0) is 26.7. The monoisotopic (exact) mass is 522 g/mol. The summed E-state index contributed by atoms with van der Waals surface area (Å²) in [6, 6.07) is 7.87. The second-order valence-electron chi connectivity index (χ2n) is 12.5. The number of alkyl halides is 3. The SMILES string of the molecule is CN(C)[C@H]1C[C@@]23CC[C@@]4(O2)C(=C(C(F)(F)F)CC2(C)C(c5cccc6ccncc56)=CCC24)C=C3CC1O. The lowest BCUT2D eigenvalue weighted by molar-refractivity contribution is -0.156. The Bertz CT molecular complexity index is 1440. The second kappa shape index (κ2) is 7.80. The maximum Gasteiger partial charge on any atom is 0.413 e. The number of benzene rings is 1. The van der Waals surface area contributed by atoms with Crippen molar-refractivity contribution in [3.8, 4) is 0 Å². The third-order valence-corrected chi connectivity index (χ3v) is 10.4. The minimum absolute atomic E-state index is 0.0796. The molecule has 2 bridgehead atoms. The summed E-state index contributed by atoms with van der Waals surface area (Å²) in [5.41, 5.74) is 0.305. The van der Waals surface area contributed by atoms with Gasteiger partial charge >= 0.3 is 6.18 Å². The maximum atomic E-state index is 14.9. The molecular formula is C31H33F3N2O2. The Kier molecular flexibility index (Phi) is 5.04. The van der Waals surface area contributed by atoms with E-state index in [2.05, 4.69) is 11.1 Å². The number of likely N-dealkylation sites (N-methyl/N-ethyl adjacent to an activating group) is 1. The second-order valence-corrected chi connectivity index (χ2v) is 12.5. The van der Waals surface area contributed by atoms with Crippen molar-refractivity contribution in [1.29, 1.82) is 0 Å². The van der Waals surface area contributed by atoms with Crippen LogP contribution < -0.4 is 0 Å². The van der Waals surface area contributed by atoms with Gasteiger partial charge in [0.1, 0.15) is 0 Å². The van der Waals surface area contributed by atoms with E-state index in [0.29, 0.717) is 37.7 Å². The number of aliphatic hydroxyl groups excluding tert-OH is 1. The largest absolute Gasteiger partial charge is 0.413 e. The fraction of sp³-hybridized carbons (Fsp3) is 0.516. The average molecular weight is 523 g/mol. The fourth-order valence-corrected chi connectivity index (χ4v) is 8.66. The minimum atomic E-state index is -4.47. The van der Waals surface area contributed by atoms with Gasteiger partial charge in [-0.15, -0.1) is 0 Å². The number of aromatic nitrogens is 1. The molecule has 2 aromatic rings. The lowest BCUT2D eigenvalue weighted by Crippen LogP contribution is -2.58. The summed E-state index contributed by atoms with van der Waals surface area (Å²) in [5, 5.41) is 12.9. The molecule has 1 saturated carbocycles. The summed E-state index contributed by atoms with van der Waals surface area (Å²) in [4.78, 5) is 6.35. The molecule has 3 aliphatic carbocycles. The van der Waals surface area contributed by atoms with Gasteiger partial charge in [0.05, 0.1) is 17.3 Å². The number of halogens is 3. The van der Waals surface area contributed by atoms with E-state index in [-0.39, 0.29) is 18.4 Å². The molecule has 4 nitrogen and oxygen atoms in total. The molecule has 3 unspecified atom stereocenters. The Morgan fingerprint density at radius 3 is 2.74 bits per heavy atom. The summed E-state index contributed by atoms with van der Waals surface area (Å²) >= 11 is 0. The third-order valence-electron chi connectivity index (χ3n) is 10.4. The molecule has 1 saturated heterocycles. The smallest absolute Gasteiger partial charge is 0.391 e. The highest BCUT2D eigenvalue weighted by Gasteiger charge is 2.68. The number of aliphatic hydroxyl groups is 1. The highest BCUT2D eigenvalue weighted by molar-refractivity contribution is 5.95. The van der Waals surface area contributed by atoms with Gasteiger partial charge in [-0.25, -0.2) is 0 Å². The molecule has 200 valence electrons. The lowest BCUT2D eigenvalue weighted by Gasteiger charge is -2.56. The molecule has 1 aromatic heterocycles. The molecule has 1 N–H and O–H groups in total. The molecule has 3 heterocycles. The van der Waals surface area contributed by atoms with Gasteiger partial charge in [-0.05, 0) is 86.4 Å². The van der Waals surface area contributed by atoms with Crippen molar-refractivity contribution in [3.63, 3.8) is 0 Å². The summed E-state index contributed by atoms with van der Waals surface area (Å²) in [7, 11) is 3.90. The zero-order valence-electron chi connectivity index (χ0n) is 22.0. The van der Waals surface area contributed by atoms with E-state index < -0.39 is 34.5 Å². The number of ether oxygens (including phenoxy) is 1. The van der Waals surface area contributed by atoms with Crippen LogP contribution >= 0.6 is 0 Å². The number of hydrogen-bond acceptors (Lipinski definition) is 4. The van der Waals surface area contributed by atoms with Crippen molar-refractivity contribution in [2.75, 3.05) is 14.1 Å². The van der Waals surface area contributed by atoms with Gasteiger partial charge in [-0.3, -0.25) is 4.98 Å². The van der Waals surface area contributed by atoms with E-state index in [1.807, 2.05) is 56.4 Å². The number of nitrogens with zero attached hydrogens (tertiary/aromatic N) is 2. The number of rotatable bonds is 2. The molecule has 2 aliphatic heterocycles. The van der Waals surface area contributed by atoms with Crippen LogP contribution in [-0.4, -0.2) is 58.6 Å². The van der Waals surface area contributed by atoms with Gasteiger partial charge in [0.15, 0.2) is 0 Å². The van der Waals surface area contributed by atoms with Crippen molar-refractivity contribution in [2.45, 2.75) is 75.0 Å². The van der Waals surface area contributed by atoms with Crippen LogP contribution in [0.2, 0.25) is 0 Å². The van der Waals surface area contributed by atoms with Crippen molar-refractivity contribution >= 4 is 16.3 Å². The van der Waals surface area contributed by atoms with Crippen molar-refractivity contribution in [1.82, 2.24) is 9.88 Å². The molecule has 5 aliphatic rings. The molecule has 1 aromatic carbocycles.